The molecule has 18 heavy (non-hydrogen) atoms. The van der Waals surface area contributed by atoms with Crippen LogP contribution in [0.5, 0.6) is 0 Å². The number of nitrogens with zero attached hydrogens (tertiary/aromatic N) is 3. The van der Waals surface area contributed by atoms with Crippen molar-refractivity contribution in [2.75, 3.05) is 0 Å². The summed E-state index contributed by atoms with van der Waals surface area (Å²) in [4.78, 5) is 4.24. The van der Waals surface area contributed by atoms with Crippen LogP contribution in [0.25, 0.3) is 0 Å². The van der Waals surface area contributed by atoms with E-state index in [1.807, 2.05) is 6.07 Å². The van der Waals surface area contributed by atoms with Crippen LogP contribution in [0.4, 0.5) is 4.39 Å². The fourth-order valence-corrected chi connectivity index (χ4v) is 1.93. The van der Waals surface area contributed by atoms with E-state index < -0.39 is 0 Å². The lowest BCUT2D eigenvalue weighted by atomic mass is 10.1. The van der Waals surface area contributed by atoms with E-state index in [0.717, 1.165) is 12.0 Å². The number of halogens is 1. The fraction of sp³-hybridized carbons (Fsp3) is 0.308. The van der Waals surface area contributed by atoms with Gasteiger partial charge in [-0.1, -0.05) is 17.3 Å². The zero-order valence-corrected chi connectivity index (χ0v) is 9.51. The molecule has 1 aromatic carbocycles. The minimum absolute atomic E-state index is 0.00692. The molecule has 0 aliphatic heterocycles. The van der Waals surface area contributed by atoms with Crippen LogP contribution in [0.3, 0.4) is 0 Å². The molecule has 1 aromatic heterocycles. The standard InChI is InChI=1S/C13H10FN3O/c14-10-3-1-2-8(4-10)5-12-16-13(18-17-12)11-6-9(11)7-15/h1-4,9,11H,5-6H2. The fourth-order valence-electron chi connectivity index (χ4n) is 1.93. The lowest BCUT2D eigenvalue weighted by molar-refractivity contribution is 0.373. The Labute approximate surface area is 103 Å². The summed E-state index contributed by atoms with van der Waals surface area (Å²) < 4.78 is 18.1. The van der Waals surface area contributed by atoms with Crippen LogP contribution in [-0.4, -0.2) is 10.1 Å². The van der Waals surface area contributed by atoms with E-state index in [4.69, 9.17) is 9.78 Å². The second-order valence-electron chi connectivity index (χ2n) is 4.43. The smallest absolute Gasteiger partial charge is 0.231 e. The summed E-state index contributed by atoms with van der Waals surface area (Å²) in [5.41, 5.74) is 0.801. The molecule has 1 aliphatic rings. The van der Waals surface area contributed by atoms with Crippen LogP contribution in [0, 0.1) is 23.1 Å². The first kappa shape index (κ1) is 10.9. The monoisotopic (exact) mass is 243 g/mol. The molecule has 0 radical (unpaired) electrons. The van der Waals surface area contributed by atoms with Crippen LogP contribution in [0.2, 0.25) is 0 Å². The molecule has 1 saturated carbocycles. The van der Waals surface area contributed by atoms with E-state index in [1.165, 1.54) is 12.1 Å². The molecule has 0 N–H and O–H groups in total. The zero-order chi connectivity index (χ0) is 12.5. The third-order valence-electron chi connectivity index (χ3n) is 3.01. The average molecular weight is 243 g/mol. The van der Waals surface area contributed by atoms with Crippen molar-refractivity contribution in [2.45, 2.75) is 18.8 Å². The number of hydrogen-bond acceptors (Lipinski definition) is 4. The summed E-state index contributed by atoms with van der Waals surface area (Å²) >= 11 is 0. The lowest BCUT2D eigenvalue weighted by Gasteiger charge is -1.95. The Hall–Kier alpha value is -2.22. The van der Waals surface area contributed by atoms with Gasteiger partial charge in [-0.3, -0.25) is 0 Å². The summed E-state index contributed by atoms with van der Waals surface area (Å²) in [5, 5.41) is 12.6. The molecule has 3 rings (SSSR count). The van der Waals surface area contributed by atoms with Crippen molar-refractivity contribution in [1.82, 2.24) is 10.1 Å². The zero-order valence-electron chi connectivity index (χ0n) is 9.51. The number of benzene rings is 1. The molecule has 2 aromatic rings. The van der Waals surface area contributed by atoms with Gasteiger partial charge in [0.1, 0.15) is 5.82 Å². The van der Waals surface area contributed by atoms with Crippen molar-refractivity contribution in [3.8, 4) is 6.07 Å². The maximum atomic E-state index is 13.0. The quantitative estimate of drug-likeness (QED) is 0.830. The summed E-state index contributed by atoms with van der Waals surface area (Å²) in [6.07, 6.45) is 1.23. The van der Waals surface area contributed by atoms with Gasteiger partial charge in [0, 0.05) is 6.42 Å². The number of hydrogen-bond donors (Lipinski definition) is 0. The van der Waals surface area contributed by atoms with Crippen LogP contribution >= 0.6 is 0 Å². The van der Waals surface area contributed by atoms with Crippen molar-refractivity contribution in [1.29, 1.82) is 5.26 Å². The third kappa shape index (κ3) is 2.09. The van der Waals surface area contributed by atoms with Gasteiger partial charge in [0.25, 0.3) is 0 Å². The van der Waals surface area contributed by atoms with E-state index in [-0.39, 0.29) is 17.7 Å². The third-order valence-corrected chi connectivity index (χ3v) is 3.01. The van der Waals surface area contributed by atoms with Crippen molar-refractivity contribution in [2.24, 2.45) is 5.92 Å². The first-order valence-corrected chi connectivity index (χ1v) is 5.73. The molecule has 90 valence electrons. The molecule has 1 heterocycles. The molecule has 0 bridgehead atoms. The van der Waals surface area contributed by atoms with Crippen LogP contribution in [-0.2, 0) is 6.42 Å². The van der Waals surface area contributed by atoms with Crippen molar-refractivity contribution in [3.63, 3.8) is 0 Å². The lowest BCUT2D eigenvalue weighted by Crippen LogP contribution is -1.92. The first-order valence-electron chi connectivity index (χ1n) is 5.73. The van der Waals surface area contributed by atoms with Crippen LogP contribution < -0.4 is 0 Å². The van der Waals surface area contributed by atoms with Gasteiger partial charge in [-0.05, 0) is 24.1 Å². The van der Waals surface area contributed by atoms with E-state index in [2.05, 4.69) is 16.2 Å². The SMILES string of the molecule is N#CC1CC1c1nc(Cc2cccc(F)c2)no1. The Kier molecular flexibility index (Phi) is 2.56. The maximum absolute atomic E-state index is 13.0. The molecule has 1 aliphatic carbocycles. The Balaban J connectivity index is 1.73. The molecular formula is C13H10FN3O. The average Bonchev–Trinajstić information content (AvgIpc) is 3.02. The minimum atomic E-state index is -0.275. The Morgan fingerprint density at radius 1 is 1.50 bits per heavy atom. The largest absolute Gasteiger partial charge is 0.339 e. The topological polar surface area (TPSA) is 62.7 Å². The van der Waals surface area contributed by atoms with Crippen molar-refractivity contribution < 1.29 is 8.91 Å². The highest BCUT2D eigenvalue weighted by Crippen LogP contribution is 2.45. The second-order valence-corrected chi connectivity index (χ2v) is 4.43. The van der Waals surface area contributed by atoms with Gasteiger partial charge in [-0.15, -0.1) is 0 Å². The van der Waals surface area contributed by atoms with Crippen LogP contribution in [0.1, 0.15) is 29.6 Å². The van der Waals surface area contributed by atoms with Gasteiger partial charge in [0.2, 0.25) is 5.89 Å². The molecular weight excluding hydrogens is 233 g/mol. The van der Waals surface area contributed by atoms with Gasteiger partial charge in [0.15, 0.2) is 5.82 Å². The van der Waals surface area contributed by atoms with Gasteiger partial charge < -0.3 is 4.52 Å². The molecule has 2 unspecified atom stereocenters. The first-order chi connectivity index (χ1) is 8.76. The highest BCUT2D eigenvalue weighted by Gasteiger charge is 2.43. The second kappa shape index (κ2) is 4.22. The van der Waals surface area contributed by atoms with Crippen molar-refractivity contribution >= 4 is 0 Å². The van der Waals surface area contributed by atoms with E-state index in [9.17, 15) is 4.39 Å². The summed E-state index contributed by atoms with van der Waals surface area (Å²) in [6, 6.07) is 8.49. The van der Waals surface area contributed by atoms with E-state index in [0.29, 0.717) is 18.1 Å². The Bertz CT molecular complexity index is 617. The summed E-state index contributed by atoms with van der Waals surface area (Å²) in [7, 11) is 0. The summed E-state index contributed by atoms with van der Waals surface area (Å²) in [6.45, 7) is 0. The van der Waals surface area contributed by atoms with Crippen molar-refractivity contribution in [3.05, 3.63) is 47.4 Å². The molecule has 4 nitrogen and oxygen atoms in total. The number of aromatic nitrogens is 2. The van der Waals surface area contributed by atoms with Gasteiger partial charge in [-0.25, -0.2) is 4.39 Å². The maximum Gasteiger partial charge on any atom is 0.231 e. The Morgan fingerprint density at radius 3 is 3.11 bits per heavy atom. The molecule has 1 fully saturated rings. The highest BCUT2D eigenvalue weighted by molar-refractivity contribution is 5.21. The highest BCUT2D eigenvalue weighted by atomic mass is 19.1. The minimum Gasteiger partial charge on any atom is -0.339 e. The number of nitriles is 1. The molecule has 0 amide bonds. The summed E-state index contributed by atoms with van der Waals surface area (Å²) in [5.74, 6) is 0.867. The van der Waals surface area contributed by atoms with Gasteiger partial charge >= 0.3 is 0 Å². The molecule has 0 saturated heterocycles. The molecule has 5 heteroatoms. The van der Waals surface area contributed by atoms with Gasteiger partial charge in [0.05, 0.1) is 17.9 Å². The predicted molar refractivity (Wildman–Crippen MR) is 60.0 cm³/mol. The van der Waals surface area contributed by atoms with Crippen LogP contribution in [0.15, 0.2) is 28.8 Å². The molecule has 0 spiro atoms. The van der Waals surface area contributed by atoms with E-state index >= 15 is 0 Å². The normalized spacial score (nSPS) is 21.6. The Morgan fingerprint density at radius 2 is 2.39 bits per heavy atom. The van der Waals surface area contributed by atoms with E-state index in [1.54, 1.807) is 6.07 Å². The van der Waals surface area contributed by atoms with Gasteiger partial charge in [-0.2, -0.15) is 10.2 Å². The predicted octanol–water partition coefficient (Wildman–Crippen LogP) is 2.43. The number of rotatable bonds is 3. The molecule has 2 atom stereocenters.